The molecule has 0 heterocycles. The van der Waals surface area contributed by atoms with E-state index >= 15 is 0 Å². The molecule has 0 bridgehead atoms. The number of amides is 2. The molecule has 0 fully saturated rings. The summed E-state index contributed by atoms with van der Waals surface area (Å²) in [5, 5.41) is 13.9. The van der Waals surface area contributed by atoms with Crippen LogP contribution in [0.25, 0.3) is 0 Å². The Bertz CT molecular complexity index is 615. The van der Waals surface area contributed by atoms with Gasteiger partial charge in [0.05, 0.1) is 7.11 Å². The van der Waals surface area contributed by atoms with E-state index in [-0.39, 0.29) is 37.4 Å². The van der Waals surface area contributed by atoms with Crippen molar-refractivity contribution in [3.8, 4) is 11.5 Å². The molecule has 0 aliphatic rings. The Morgan fingerprint density at radius 3 is 2.52 bits per heavy atom. The van der Waals surface area contributed by atoms with Gasteiger partial charge in [-0.2, -0.15) is 0 Å². The minimum absolute atomic E-state index is 0.00514. The summed E-state index contributed by atoms with van der Waals surface area (Å²) in [5.74, 6) is -0.816. The average Bonchev–Trinajstić information content (AvgIpc) is 2.55. The highest BCUT2D eigenvalue weighted by molar-refractivity contribution is 5.94. The van der Waals surface area contributed by atoms with Crippen molar-refractivity contribution in [3.63, 3.8) is 0 Å². The molecule has 1 aromatic carbocycles. The zero-order valence-corrected chi connectivity index (χ0v) is 14.6. The zero-order chi connectivity index (χ0) is 18.8. The molecular formula is C17H24N2O6. The van der Waals surface area contributed by atoms with Crippen LogP contribution in [0.4, 0.5) is 0 Å². The number of methoxy groups -OCH3 is 1. The normalized spacial score (nSPS) is 10.2. The molecule has 0 atom stereocenters. The molecule has 0 radical (unpaired) electrons. The number of carbonyl (C=O) groups excluding carboxylic acids is 2. The molecule has 138 valence electrons. The molecular weight excluding hydrogens is 328 g/mol. The maximum Gasteiger partial charge on any atom is 0.303 e. The summed E-state index contributed by atoms with van der Waals surface area (Å²) in [6.45, 7) is 3.81. The number of carbonyl (C=O) groups is 3. The second kappa shape index (κ2) is 10.2. The number of rotatable bonds is 10. The molecule has 3 N–H and O–H groups in total. The van der Waals surface area contributed by atoms with E-state index in [1.807, 2.05) is 13.8 Å². The van der Waals surface area contributed by atoms with Crippen molar-refractivity contribution >= 4 is 17.8 Å². The fraction of sp³-hybridized carbons (Fsp3) is 0.471. The van der Waals surface area contributed by atoms with Crippen LogP contribution in [0.2, 0.25) is 0 Å². The number of benzene rings is 1. The fourth-order valence-electron chi connectivity index (χ4n) is 1.98. The Labute approximate surface area is 146 Å². The molecule has 0 aromatic heterocycles. The standard InChI is InChI=1S/C17H24N2O6/c1-11(2)19-15(20)10-25-13-7-6-12(9-14(13)24-3)17(23)18-8-4-5-16(21)22/h6-7,9,11H,4-5,8,10H2,1-3H3,(H,18,23)(H,19,20)(H,21,22). The molecule has 2 amide bonds. The Balaban J connectivity index is 2.63. The van der Waals surface area contributed by atoms with Crippen molar-refractivity contribution in [1.82, 2.24) is 10.6 Å². The van der Waals surface area contributed by atoms with Crippen LogP contribution in [0, 0.1) is 0 Å². The van der Waals surface area contributed by atoms with Crippen molar-refractivity contribution in [2.45, 2.75) is 32.7 Å². The third kappa shape index (κ3) is 7.56. The molecule has 0 aliphatic heterocycles. The molecule has 1 aromatic rings. The first-order chi connectivity index (χ1) is 11.8. The Hall–Kier alpha value is -2.77. The first-order valence-electron chi connectivity index (χ1n) is 7.93. The summed E-state index contributed by atoms with van der Waals surface area (Å²) < 4.78 is 10.6. The van der Waals surface area contributed by atoms with E-state index in [4.69, 9.17) is 14.6 Å². The first-order valence-corrected chi connectivity index (χ1v) is 7.93. The van der Waals surface area contributed by atoms with E-state index in [9.17, 15) is 14.4 Å². The average molecular weight is 352 g/mol. The smallest absolute Gasteiger partial charge is 0.303 e. The van der Waals surface area contributed by atoms with E-state index in [1.165, 1.54) is 13.2 Å². The minimum Gasteiger partial charge on any atom is -0.493 e. The molecule has 0 unspecified atom stereocenters. The second-order valence-corrected chi connectivity index (χ2v) is 5.63. The van der Waals surface area contributed by atoms with Crippen LogP contribution in [0.5, 0.6) is 11.5 Å². The Morgan fingerprint density at radius 1 is 1.20 bits per heavy atom. The van der Waals surface area contributed by atoms with E-state index in [1.54, 1.807) is 12.1 Å². The predicted molar refractivity (Wildman–Crippen MR) is 91.0 cm³/mol. The van der Waals surface area contributed by atoms with Gasteiger partial charge in [-0.25, -0.2) is 0 Å². The van der Waals surface area contributed by atoms with Crippen molar-refractivity contribution in [1.29, 1.82) is 0 Å². The van der Waals surface area contributed by atoms with Crippen LogP contribution in [-0.4, -0.2) is 49.2 Å². The molecule has 1 rings (SSSR count). The topological polar surface area (TPSA) is 114 Å². The fourth-order valence-corrected chi connectivity index (χ4v) is 1.98. The summed E-state index contributed by atoms with van der Waals surface area (Å²) in [6, 6.07) is 4.62. The lowest BCUT2D eigenvalue weighted by atomic mass is 10.2. The number of carboxylic acids is 1. The second-order valence-electron chi connectivity index (χ2n) is 5.63. The highest BCUT2D eigenvalue weighted by Gasteiger charge is 2.12. The zero-order valence-electron chi connectivity index (χ0n) is 14.6. The quantitative estimate of drug-likeness (QED) is 0.545. The van der Waals surface area contributed by atoms with Crippen LogP contribution in [0.1, 0.15) is 37.0 Å². The monoisotopic (exact) mass is 352 g/mol. The molecule has 0 saturated heterocycles. The third-order valence-electron chi connectivity index (χ3n) is 3.09. The highest BCUT2D eigenvalue weighted by Crippen LogP contribution is 2.28. The summed E-state index contributed by atoms with van der Waals surface area (Å²) in [6.07, 6.45) is 0.346. The van der Waals surface area contributed by atoms with Gasteiger partial charge in [0.1, 0.15) is 0 Å². The van der Waals surface area contributed by atoms with Gasteiger partial charge in [-0.3, -0.25) is 14.4 Å². The van der Waals surface area contributed by atoms with Crippen LogP contribution in [-0.2, 0) is 9.59 Å². The predicted octanol–water partition coefficient (Wildman–Crippen LogP) is 1.19. The third-order valence-corrected chi connectivity index (χ3v) is 3.09. The van der Waals surface area contributed by atoms with Crippen molar-refractivity contribution in [2.75, 3.05) is 20.3 Å². The summed E-state index contributed by atoms with van der Waals surface area (Å²) in [5.41, 5.74) is 0.353. The number of nitrogens with one attached hydrogen (secondary N) is 2. The number of carboxylic acid groups (broad SMARTS) is 1. The molecule has 8 heteroatoms. The van der Waals surface area contributed by atoms with Gasteiger partial charge in [0.2, 0.25) is 0 Å². The van der Waals surface area contributed by atoms with Gasteiger partial charge >= 0.3 is 5.97 Å². The summed E-state index contributed by atoms with van der Waals surface area (Å²) in [7, 11) is 1.44. The highest BCUT2D eigenvalue weighted by atomic mass is 16.5. The van der Waals surface area contributed by atoms with Gasteiger partial charge in [0.15, 0.2) is 18.1 Å². The van der Waals surface area contributed by atoms with Crippen molar-refractivity contribution < 1.29 is 29.0 Å². The van der Waals surface area contributed by atoms with Gasteiger partial charge in [0, 0.05) is 24.6 Å². The number of hydrogen-bond acceptors (Lipinski definition) is 5. The van der Waals surface area contributed by atoms with Gasteiger partial charge in [-0.15, -0.1) is 0 Å². The maximum absolute atomic E-state index is 12.0. The van der Waals surface area contributed by atoms with E-state index < -0.39 is 5.97 Å². The van der Waals surface area contributed by atoms with E-state index in [0.717, 1.165) is 0 Å². The van der Waals surface area contributed by atoms with E-state index in [2.05, 4.69) is 10.6 Å². The lowest BCUT2D eigenvalue weighted by Gasteiger charge is -2.13. The van der Waals surface area contributed by atoms with E-state index in [0.29, 0.717) is 23.5 Å². The van der Waals surface area contributed by atoms with Crippen LogP contribution >= 0.6 is 0 Å². The lowest BCUT2D eigenvalue weighted by molar-refractivity contribution is -0.137. The largest absolute Gasteiger partial charge is 0.493 e. The van der Waals surface area contributed by atoms with Crippen molar-refractivity contribution in [2.24, 2.45) is 0 Å². The van der Waals surface area contributed by atoms with Gasteiger partial charge in [0.25, 0.3) is 11.8 Å². The van der Waals surface area contributed by atoms with Crippen LogP contribution in [0.15, 0.2) is 18.2 Å². The van der Waals surface area contributed by atoms with Crippen LogP contribution < -0.4 is 20.1 Å². The molecule has 8 nitrogen and oxygen atoms in total. The Kier molecular flexibility index (Phi) is 8.25. The first kappa shape index (κ1) is 20.3. The molecule has 0 spiro atoms. The number of ether oxygens (including phenoxy) is 2. The number of aliphatic carboxylic acids is 1. The molecule has 0 saturated carbocycles. The van der Waals surface area contributed by atoms with Gasteiger partial charge < -0.3 is 25.2 Å². The maximum atomic E-state index is 12.0. The summed E-state index contributed by atoms with van der Waals surface area (Å²) in [4.78, 5) is 34.1. The van der Waals surface area contributed by atoms with Crippen molar-refractivity contribution in [3.05, 3.63) is 23.8 Å². The molecule has 0 aliphatic carbocycles. The molecule has 25 heavy (non-hydrogen) atoms. The minimum atomic E-state index is -0.904. The lowest BCUT2D eigenvalue weighted by Crippen LogP contribution is -2.34. The summed E-state index contributed by atoms with van der Waals surface area (Å²) >= 11 is 0. The van der Waals surface area contributed by atoms with Crippen LogP contribution in [0.3, 0.4) is 0 Å². The van der Waals surface area contributed by atoms with Gasteiger partial charge in [-0.1, -0.05) is 0 Å². The van der Waals surface area contributed by atoms with Gasteiger partial charge in [-0.05, 0) is 38.5 Å². The number of hydrogen-bond donors (Lipinski definition) is 3. The Morgan fingerprint density at radius 2 is 1.92 bits per heavy atom. The SMILES string of the molecule is COc1cc(C(=O)NCCCC(=O)O)ccc1OCC(=O)NC(C)C.